The molecule has 0 aromatic heterocycles. The molecule has 0 amide bonds. The van der Waals surface area contributed by atoms with Crippen LogP contribution in [0.5, 0.6) is 0 Å². The second-order valence-electron chi connectivity index (χ2n) is 1.34. The Labute approximate surface area is 60.0 Å². The number of carbonyl (C=O) groups is 1. The monoisotopic (exact) mass is 190 g/mol. The molecule has 1 heterocycles. The van der Waals surface area contributed by atoms with Crippen molar-refractivity contribution in [1.82, 2.24) is 0 Å². The maximum absolute atomic E-state index is 10.5. The normalized spacial score (nSPS) is 19.4. The third kappa shape index (κ3) is 1.03. The summed E-state index contributed by atoms with van der Waals surface area (Å²) in [5.41, 5.74) is 0. The molecule has 0 aliphatic carbocycles. The first-order chi connectivity index (χ1) is 3.70. The van der Waals surface area contributed by atoms with Crippen LogP contribution in [0, 0.1) is 0 Å². The zero-order chi connectivity index (χ0) is 6.15. The number of rotatable bonds is 0. The van der Waals surface area contributed by atoms with Crippen LogP contribution in [0.4, 0.5) is 0 Å². The third-order valence-corrected chi connectivity index (χ3v) is 2.49. The van der Waals surface area contributed by atoms with E-state index in [0.717, 1.165) is 21.1 Å². The molecule has 0 saturated carbocycles. The average molecular weight is 191 g/mol. The van der Waals surface area contributed by atoms with Gasteiger partial charge in [-0.25, -0.2) is 0 Å². The van der Waals surface area contributed by atoms with E-state index in [1.165, 1.54) is 6.08 Å². The van der Waals surface area contributed by atoms with E-state index in [2.05, 4.69) is 22.5 Å². The molecule has 8 heavy (non-hydrogen) atoms. The fourth-order valence-corrected chi connectivity index (χ4v) is 1.56. The Hall–Kier alpha value is -0.0200. The minimum Gasteiger partial charge on any atom is -0.282 e. The molecule has 0 radical (unpaired) electrons. The Morgan fingerprint density at radius 1 is 1.75 bits per heavy atom. The summed E-state index contributed by atoms with van der Waals surface area (Å²) in [4.78, 5) is 11.3. The number of halogens is 1. The SMILES string of the molecule is C=C1SC(=O)C=C1Br. The molecule has 1 rings (SSSR count). The average Bonchev–Trinajstić information content (AvgIpc) is 1.85. The van der Waals surface area contributed by atoms with E-state index in [1.54, 1.807) is 0 Å². The van der Waals surface area contributed by atoms with E-state index in [9.17, 15) is 4.79 Å². The molecule has 0 aromatic rings. The number of allylic oxidation sites excluding steroid dienone is 1. The van der Waals surface area contributed by atoms with Crippen molar-refractivity contribution in [3.8, 4) is 0 Å². The fourth-order valence-electron chi connectivity index (χ4n) is 0.384. The topological polar surface area (TPSA) is 17.1 Å². The molecule has 0 unspecified atom stereocenters. The van der Waals surface area contributed by atoms with Gasteiger partial charge in [0.15, 0.2) is 0 Å². The first-order valence-electron chi connectivity index (χ1n) is 1.98. The van der Waals surface area contributed by atoms with Crippen molar-refractivity contribution in [2.24, 2.45) is 0 Å². The maximum Gasteiger partial charge on any atom is 0.218 e. The number of carbonyl (C=O) groups excluding carboxylic acids is 1. The highest BCUT2D eigenvalue weighted by atomic mass is 79.9. The lowest BCUT2D eigenvalue weighted by molar-refractivity contribution is -0.106. The number of hydrogen-bond donors (Lipinski definition) is 0. The molecular weight excluding hydrogens is 188 g/mol. The standard InChI is InChI=1S/C5H3BrOS/c1-3-4(6)2-5(7)8-3/h2H,1H2. The first kappa shape index (κ1) is 6.11. The van der Waals surface area contributed by atoms with Crippen LogP contribution in [0.2, 0.25) is 0 Å². The maximum atomic E-state index is 10.5. The van der Waals surface area contributed by atoms with Crippen molar-refractivity contribution in [2.75, 3.05) is 0 Å². The molecular formula is C5H3BrOS. The Kier molecular flexibility index (Phi) is 1.58. The van der Waals surface area contributed by atoms with Gasteiger partial charge < -0.3 is 0 Å². The van der Waals surface area contributed by atoms with Crippen molar-refractivity contribution < 1.29 is 4.79 Å². The lowest BCUT2D eigenvalue weighted by Crippen LogP contribution is -1.71. The van der Waals surface area contributed by atoms with E-state index in [0.29, 0.717) is 0 Å². The van der Waals surface area contributed by atoms with Gasteiger partial charge in [-0.15, -0.1) is 0 Å². The summed E-state index contributed by atoms with van der Waals surface area (Å²) >= 11 is 4.32. The minimum atomic E-state index is 0.0573. The van der Waals surface area contributed by atoms with Crippen LogP contribution in [-0.2, 0) is 4.79 Å². The third-order valence-electron chi connectivity index (χ3n) is 0.735. The quantitative estimate of drug-likeness (QED) is 0.582. The molecule has 1 aliphatic heterocycles. The van der Waals surface area contributed by atoms with Gasteiger partial charge in [-0.05, 0) is 27.7 Å². The smallest absolute Gasteiger partial charge is 0.218 e. The predicted molar refractivity (Wildman–Crippen MR) is 38.7 cm³/mol. The van der Waals surface area contributed by atoms with Crippen molar-refractivity contribution in [3.05, 3.63) is 22.0 Å². The Balaban J connectivity index is 2.88. The molecule has 0 fully saturated rings. The highest BCUT2D eigenvalue weighted by Crippen LogP contribution is 2.33. The van der Waals surface area contributed by atoms with E-state index < -0.39 is 0 Å². The Bertz CT molecular complexity index is 183. The van der Waals surface area contributed by atoms with Gasteiger partial charge >= 0.3 is 0 Å². The lowest BCUT2D eigenvalue weighted by Gasteiger charge is -1.84. The van der Waals surface area contributed by atoms with E-state index in [-0.39, 0.29) is 5.12 Å². The summed E-state index contributed by atoms with van der Waals surface area (Å²) in [6.07, 6.45) is 1.52. The summed E-state index contributed by atoms with van der Waals surface area (Å²) < 4.78 is 0.813. The minimum absolute atomic E-state index is 0.0573. The largest absolute Gasteiger partial charge is 0.282 e. The van der Waals surface area contributed by atoms with Crippen LogP contribution in [0.1, 0.15) is 0 Å². The molecule has 0 atom stereocenters. The number of thioether (sulfide) groups is 1. The van der Waals surface area contributed by atoms with Gasteiger partial charge in [-0.3, -0.25) is 4.79 Å². The highest BCUT2D eigenvalue weighted by molar-refractivity contribution is 9.12. The zero-order valence-electron chi connectivity index (χ0n) is 3.98. The Morgan fingerprint density at radius 3 is 2.50 bits per heavy atom. The second kappa shape index (κ2) is 2.07. The fraction of sp³-hybridized carbons (Fsp3) is 0. The van der Waals surface area contributed by atoms with Crippen molar-refractivity contribution in [3.63, 3.8) is 0 Å². The van der Waals surface area contributed by atoms with Crippen LogP contribution in [0.3, 0.4) is 0 Å². The highest BCUT2D eigenvalue weighted by Gasteiger charge is 2.13. The van der Waals surface area contributed by atoms with Gasteiger partial charge in [0.2, 0.25) is 5.12 Å². The molecule has 1 aliphatic rings. The molecule has 0 bridgehead atoms. The summed E-state index contributed by atoms with van der Waals surface area (Å²) in [5, 5.41) is 0.0573. The van der Waals surface area contributed by atoms with Gasteiger partial charge in [0, 0.05) is 15.5 Å². The van der Waals surface area contributed by atoms with Crippen LogP contribution >= 0.6 is 27.7 Å². The molecule has 0 aromatic carbocycles. The summed E-state index contributed by atoms with van der Waals surface area (Å²) in [6.45, 7) is 3.61. The summed E-state index contributed by atoms with van der Waals surface area (Å²) in [7, 11) is 0. The summed E-state index contributed by atoms with van der Waals surface area (Å²) in [6, 6.07) is 0. The van der Waals surface area contributed by atoms with Crippen LogP contribution in [-0.4, -0.2) is 5.12 Å². The number of hydrogen-bond acceptors (Lipinski definition) is 2. The first-order valence-corrected chi connectivity index (χ1v) is 3.59. The molecule has 0 N–H and O–H groups in total. The lowest BCUT2D eigenvalue weighted by atomic mass is 10.5. The van der Waals surface area contributed by atoms with Crippen molar-refractivity contribution >= 4 is 32.8 Å². The van der Waals surface area contributed by atoms with Crippen molar-refractivity contribution in [2.45, 2.75) is 0 Å². The van der Waals surface area contributed by atoms with Crippen molar-refractivity contribution in [1.29, 1.82) is 0 Å². The van der Waals surface area contributed by atoms with E-state index in [4.69, 9.17) is 0 Å². The molecule has 0 spiro atoms. The summed E-state index contributed by atoms with van der Waals surface area (Å²) in [5.74, 6) is 0. The van der Waals surface area contributed by atoms with Gasteiger partial charge in [-0.1, -0.05) is 6.58 Å². The van der Waals surface area contributed by atoms with Gasteiger partial charge in [-0.2, -0.15) is 0 Å². The second-order valence-corrected chi connectivity index (χ2v) is 3.29. The zero-order valence-corrected chi connectivity index (χ0v) is 6.38. The van der Waals surface area contributed by atoms with Crippen LogP contribution in [0.15, 0.2) is 22.0 Å². The van der Waals surface area contributed by atoms with Crippen LogP contribution < -0.4 is 0 Å². The molecule has 0 saturated heterocycles. The molecule has 3 heteroatoms. The molecule has 1 nitrogen and oxygen atoms in total. The Morgan fingerprint density at radius 2 is 2.38 bits per heavy atom. The van der Waals surface area contributed by atoms with Gasteiger partial charge in [0.1, 0.15) is 0 Å². The van der Waals surface area contributed by atoms with Crippen LogP contribution in [0.25, 0.3) is 0 Å². The molecule has 42 valence electrons. The van der Waals surface area contributed by atoms with E-state index in [1.807, 2.05) is 0 Å². The van der Waals surface area contributed by atoms with Gasteiger partial charge in [0.05, 0.1) is 0 Å². The predicted octanol–water partition coefficient (Wildman–Crippen LogP) is 2.05. The van der Waals surface area contributed by atoms with E-state index >= 15 is 0 Å². The van der Waals surface area contributed by atoms with Gasteiger partial charge in [0.25, 0.3) is 0 Å².